The second-order valence-electron chi connectivity index (χ2n) is 6.08. The van der Waals surface area contributed by atoms with E-state index in [0.29, 0.717) is 23.4 Å². The molecule has 0 aliphatic carbocycles. The normalized spacial score (nSPS) is 19.5. The summed E-state index contributed by atoms with van der Waals surface area (Å²) in [5.41, 5.74) is 2.15. The van der Waals surface area contributed by atoms with Crippen LogP contribution in [-0.4, -0.2) is 40.7 Å². The van der Waals surface area contributed by atoms with Gasteiger partial charge in [-0.1, -0.05) is 12.1 Å². The van der Waals surface area contributed by atoms with E-state index in [-0.39, 0.29) is 24.2 Å². The quantitative estimate of drug-likeness (QED) is 0.928. The maximum Gasteiger partial charge on any atom is 0.273 e. The molecule has 3 rings (SSSR count). The van der Waals surface area contributed by atoms with Gasteiger partial charge in [-0.3, -0.25) is 4.79 Å². The highest BCUT2D eigenvalue weighted by Gasteiger charge is 2.36. The zero-order valence-electron chi connectivity index (χ0n) is 14.1. The average Bonchev–Trinajstić information content (AvgIpc) is 3.02. The van der Waals surface area contributed by atoms with Gasteiger partial charge in [-0.05, 0) is 43.2 Å². The second kappa shape index (κ2) is 6.91. The number of carbonyl (C=O) groups is 1. The van der Waals surface area contributed by atoms with Gasteiger partial charge < -0.3 is 14.7 Å². The van der Waals surface area contributed by atoms with E-state index in [4.69, 9.17) is 10.00 Å². The number of hydrogen-bond acceptors (Lipinski definition) is 5. The van der Waals surface area contributed by atoms with Gasteiger partial charge in [0.1, 0.15) is 17.5 Å². The minimum atomic E-state index is -0.584. The lowest BCUT2D eigenvalue weighted by molar-refractivity contribution is 0.0709. The highest BCUT2D eigenvalue weighted by molar-refractivity contribution is 5.93. The number of rotatable bonds is 3. The Hall–Kier alpha value is -2.91. The number of carbonyl (C=O) groups excluding carboxylic acids is 1. The fourth-order valence-electron chi connectivity index (χ4n) is 3.15. The Morgan fingerprint density at radius 2 is 2.20 bits per heavy atom. The summed E-state index contributed by atoms with van der Waals surface area (Å²) >= 11 is 0. The van der Waals surface area contributed by atoms with Gasteiger partial charge in [-0.15, -0.1) is 0 Å². The molecular weight excluding hydrogens is 318 g/mol. The van der Waals surface area contributed by atoms with Gasteiger partial charge in [0.2, 0.25) is 0 Å². The highest BCUT2D eigenvalue weighted by atomic mass is 16.5. The summed E-state index contributed by atoms with van der Waals surface area (Å²) < 4.78 is 5.25. The minimum Gasteiger partial charge on any atom is -0.497 e. The molecule has 1 N–H and O–H groups in total. The molecule has 1 aliphatic heterocycles. The summed E-state index contributed by atoms with van der Waals surface area (Å²) in [5.74, 6) is 0.454. The molecule has 2 atom stereocenters. The van der Waals surface area contributed by atoms with Crippen molar-refractivity contribution in [3.05, 3.63) is 58.9 Å². The number of pyridine rings is 1. The molecular formula is C19H19N3O3. The number of β-amino-alcohol motifs (C(OH)–C–C–N with tert-alkyl or cyclic N) is 1. The van der Waals surface area contributed by atoms with Crippen molar-refractivity contribution in [1.82, 2.24) is 9.88 Å². The van der Waals surface area contributed by atoms with Crippen LogP contribution in [0.2, 0.25) is 0 Å². The molecule has 1 aromatic heterocycles. The van der Waals surface area contributed by atoms with E-state index in [2.05, 4.69) is 4.98 Å². The van der Waals surface area contributed by atoms with Gasteiger partial charge in [0.15, 0.2) is 0 Å². The Morgan fingerprint density at radius 3 is 2.88 bits per heavy atom. The van der Waals surface area contributed by atoms with E-state index in [1.807, 2.05) is 30.3 Å². The van der Waals surface area contributed by atoms with Crippen molar-refractivity contribution in [3.63, 3.8) is 0 Å². The van der Waals surface area contributed by atoms with Gasteiger partial charge in [0.25, 0.3) is 5.91 Å². The Kier molecular flexibility index (Phi) is 4.68. The molecule has 25 heavy (non-hydrogen) atoms. The largest absolute Gasteiger partial charge is 0.497 e. The summed E-state index contributed by atoms with van der Waals surface area (Å²) in [7, 11) is 1.59. The Balaban J connectivity index is 1.92. The first-order valence-corrected chi connectivity index (χ1v) is 8.04. The molecule has 1 aromatic carbocycles. The lowest BCUT2D eigenvalue weighted by Crippen LogP contribution is -2.32. The van der Waals surface area contributed by atoms with Gasteiger partial charge in [-0.25, -0.2) is 4.98 Å². The van der Waals surface area contributed by atoms with E-state index in [1.165, 1.54) is 0 Å². The second-order valence-corrected chi connectivity index (χ2v) is 6.08. The Morgan fingerprint density at radius 1 is 1.40 bits per heavy atom. The molecule has 0 unspecified atom stereocenters. The van der Waals surface area contributed by atoms with Crippen molar-refractivity contribution in [2.75, 3.05) is 13.7 Å². The summed E-state index contributed by atoms with van der Waals surface area (Å²) in [6.07, 6.45) is -0.117. The molecule has 1 amide bonds. The Bertz CT molecular complexity index is 844. The van der Waals surface area contributed by atoms with Crippen molar-refractivity contribution < 1.29 is 14.6 Å². The van der Waals surface area contributed by atoms with Gasteiger partial charge in [0.05, 0.1) is 30.5 Å². The molecule has 1 saturated heterocycles. The van der Waals surface area contributed by atoms with E-state index >= 15 is 0 Å². The first-order valence-electron chi connectivity index (χ1n) is 8.04. The number of amides is 1. The summed E-state index contributed by atoms with van der Waals surface area (Å²) in [5, 5.41) is 19.1. The van der Waals surface area contributed by atoms with Crippen LogP contribution in [0.3, 0.4) is 0 Å². The smallest absolute Gasteiger partial charge is 0.273 e. The van der Waals surface area contributed by atoms with Crippen molar-refractivity contribution in [2.24, 2.45) is 0 Å². The van der Waals surface area contributed by atoms with Crippen LogP contribution in [0.5, 0.6) is 5.75 Å². The average molecular weight is 337 g/mol. The van der Waals surface area contributed by atoms with Crippen LogP contribution in [0.1, 0.15) is 39.8 Å². The van der Waals surface area contributed by atoms with E-state index < -0.39 is 6.10 Å². The minimum absolute atomic E-state index is 0.240. The third-order valence-corrected chi connectivity index (χ3v) is 4.44. The van der Waals surface area contributed by atoms with Gasteiger partial charge in [0, 0.05) is 6.54 Å². The SMILES string of the molecule is COc1cccc([C@H]2C[C@@H](O)CN2C(=O)c2ccc(C#N)c(C)n2)c1. The standard InChI is InChI=1S/C19H19N3O3/c1-12-14(10-20)6-7-17(21-12)19(24)22-11-15(23)9-18(22)13-4-3-5-16(8-13)25-2/h3-8,15,18,23H,9,11H2,1-2H3/t15-,18-/m1/s1. The molecule has 6 nitrogen and oxygen atoms in total. The molecule has 128 valence electrons. The number of nitriles is 1. The number of aliphatic hydroxyl groups excluding tert-OH is 1. The molecule has 0 radical (unpaired) electrons. The van der Waals surface area contributed by atoms with Crippen molar-refractivity contribution in [3.8, 4) is 11.8 Å². The first-order chi connectivity index (χ1) is 12.0. The monoisotopic (exact) mass is 337 g/mol. The Labute approximate surface area is 146 Å². The maximum atomic E-state index is 12.9. The van der Waals surface area contributed by atoms with E-state index in [1.54, 1.807) is 31.1 Å². The molecule has 0 saturated carbocycles. The number of methoxy groups -OCH3 is 1. The predicted molar refractivity (Wildman–Crippen MR) is 91.1 cm³/mol. The van der Waals surface area contributed by atoms with Crippen LogP contribution >= 0.6 is 0 Å². The number of hydrogen-bond donors (Lipinski definition) is 1. The van der Waals surface area contributed by atoms with Crippen LogP contribution in [-0.2, 0) is 0 Å². The number of aliphatic hydroxyl groups is 1. The fraction of sp³-hybridized carbons (Fsp3) is 0.316. The molecule has 6 heteroatoms. The summed E-state index contributed by atoms with van der Waals surface area (Å²) in [4.78, 5) is 18.8. The van der Waals surface area contributed by atoms with Crippen LogP contribution in [0.15, 0.2) is 36.4 Å². The maximum absolute atomic E-state index is 12.9. The van der Waals surface area contributed by atoms with Gasteiger partial charge >= 0.3 is 0 Å². The fourth-order valence-corrected chi connectivity index (χ4v) is 3.15. The third kappa shape index (κ3) is 3.32. The van der Waals surface area contributed by atoms with E-state index in [9.17, 15) is 9.90 Å². The van der Waals surface area contributed by atoms with Crippen LogP contribution < -0.4 is 4.74 Å². The number of benzene rings is 1. The number of ether oxygens (including phenoxy) is 1. The van der Waals surface area contributed by atoms with Crippen molar-refractivity contribution in [1.29, 1.82) is 5.26 Å². The number of aromatic nitrogens is 1. The van der Waals surface area contributed by atoms with Gasteiger partial charge in [-0.2, -0.15) is 5.26 Å². The molecule has 1 aliphatic rings. The lowest BCUT2D eigenvalue weighted by Gasteiger charge is -2.25. The topological polar surface area (TPSA) is 86.5 Å². The number of nitrogens with zero attached hydrogens (tertiary/aromatic N) is 3. The van der Waals surface area contributed by atoms with Crippen LogP contribution in [0.4, 0.5) is 0 Å². The van der Waals surface area contributed by atoms with Crippen molar-refractivity contribution in [2.45, 2.75) is 25.5 Å². The first kappa shape index (κ1) is 16.9. The molecule has 2 heterocycles. The zero-order chi connectivity index (χ0) is 18.0. The highest BCUT2D eigenvalue weighted by Crippen LogP contribution is 2.34. The van der Waals surface area contributed by atoms with Crippen LogP contribution in [0, 0.1) is 18.3 Å². The number of aryl methyl sites for hydroxylation is 1. The molecule has 0 spiro atoms. The van der Waals surface area contributed by atoms with Crippen molar-refractivity contribution >= 4 is 5.91 Å². The summed E-state index contributed by atoms with van der Waals surface area (Å²) in [6.45, 7) is 1.95. The van der Waals surface area contributed by atoms with E-state index in [0.717, 1.165) is 5.56 Å². The molecule has 0 bridgehead atoms. The number of likely N-dealkylation sites (tertiary alicyclic amines) is 1. The predicted octanol–water partition coefficient (Wildman–Crippen LogP) is 2.22. The third-order valence-electron chi connectivity index (χ3n) is 4.44. The molecule has 1 fully saturated rings. The van der Waals surface area contributed by atoms with Crippen LogP contribution in [0.25, 0.3) is 0 Å². The molecule has 2 aromatic rings. The summed E-state index contributed by atoms with van der Waals surface area (Å²) in [6, 6.07) is 12.5. The zero-order valence-corrected chi connectivity index (χ0v) is 14.1. The lowest BCUT2D eigenvalue weighted by atomic mass is 10.0.